The smallest absolute Gasteiger partial charge is 0.257 e. The minimum absolute atomic E-state index is 0.0149. The molecule has 0 aliphatic rings. The summed E-state index contributed by atoms with van der Waals surface area (Å²) in [6, 6.07) is 7.76. The maximum atomic E-state index is 13.2. The number of hydrogen-bond donors (Lipinski definition) is 4. The van der Waals surface area contributed by atoms with E-state index in [9.17, 15) is 14.6 Å². The van der Waals surface area contributed by atoms with Crippen LogP contribution in [0.15, 0.2) is 36.5 Å². The number of aromatic hydroxyl groups is 2. The predicted octanol–water partition coefficient (Wildman–Crippen LogP) is 2.51. The van der Waals surface area contributed by atoms with Gasteiger partial charge in [-0.3, -0.25) is 0 Å². The SMILES string of the molecule is Nc1c(O)ccc2nc(Nc3ccnc(F)c3O)ccc12. The summed E-state index contributed by atoms with van der Waals surface area (Å²) in [6.07, 6.45) is 1.23. The second-order valence-electron chi connectivity index (χ2n) is 4.38. The molecule has 2 aromatic heterocycles. The van der Waals surface area contributed by atoms with Gasteiger partial charge in [0.15, 0.2) is 5.75 Å². The molecular formula is C14H11FN4O2. The molecule has 0 unspecified atom stereocenters. The molecule has 3 aromatic rings. The number of anilines is 3. The van der Waals surface area contributed by atoms with Gasteiger partial charge in [0.1, 0.15) is 11.6 Å². The van der Waals surface area contributed by atoms with Crippen molar-refractivity contribution in [2.24, 2.45) is 0 Å². The standard InChI is InChI=1S/C14H11FN4O2/c15-14-13(21)9(5-6-17-14)19-11-4-1-7-8(18-11)2-3-10(20)12(7)16/h1-6,20-21H,16H2,(H,17,18,19). The molecule has 106 valence electrons. The fourth-order valence-corrected chi connectivity index (χ4v) is 1.95. The summed E-state index contributed by atoms with van der Waals surface area (Å²) in [6.45, 7) is 0. The summed E-state index contributed by atoms with van der Waals surface area (Å²) in [7, 11) is 0. The normalized spacial score (nSPS) is 10.7. The van der Waals surface area contributed by atoms with E-state index in [0.29, 0.717) is 16.7 Å². The third kappa shape index (κ3) is 2.25. The Balaban J connectivity index is 2.02. The molecule has 0 saturated heterocycles. The average Bonchev–Trinajstić information content (AvgIpc) is 2.48. The molecule has 0 saturated carbocycles. The quantitative estimate of drug-likeness (QED) is 0.328. The molecule has 2 heterocycles. The number of nitrogens with two attached hydrogens (primary N) is 1. The van der Waals surface area contributed by atoms with Crippen LogP contribution in [0, 0.1) is 5.95 Å². The summed E-state index contributed by atoms with van der Waals surface area (Å²) >= 11 is 0. The van der Waals surface area contributed by atoms with E-state index in [1.165, 1.54) is 18.3 Å². The van der Waals surface area contributed by atoms with Crippen LogP contribution in [0.25, 0.3) is 10.9 Å². The highest BCUT2D eigenvalue weighted by atomic mass is 19.1. The highest BCUT2D eigenvalue weighted by Gasteiger charge is 2.10. The third-order valence-electron chi connectivity index (χ3n) is 3.03. The molecule has 0 atom stereocenters. The number of pyridine rings is 2. The zero-order valence-corrected chi connectivity index (χ0v) is 10.7. The van der Waals surface area contributed by atoms with Crippen molar-refractivity contribution in [3.05, 3.63) is 42.5 Å². The lowest BCUT2D eigenvalue weighted by Crippen LogP contribution is -1.97. The van der Waals surface area contributed by atoms with Crippen molar-refractivity contribution in [2.45, 2.75) is 0 Å². The van der Waals surface area contributed by atoms with Gasteiger partial charge in [0.2, 0.25) is 0 Å². The first kappa shape index (κ1) is 12.9. The minimum atomic E-state index is -0.963. The topological polar surface area (TPSA) is 104 Å². The number of phenols is 1. The van der Waals surface area contributed by atoms with Gasteiger partial charge >= 0.3 is 0 Å². The van der Waals surface area contributed by atoms with E-state index >= 15 is 0 Å². The Hall–Kier alpha value is -3.09. The van der Waals surface area contributed by atoms with E-state index in [4.69, 9.17) is 5.73 Å². The minimum Gasteiger partial charge on any atom is -0.506 e. The Kier molecular flexibility index (Phi) is 2.94. The predicted molar refractivity (Wildman–Crippen MR) is 77.0 cm³/mol. The number of rotatable bonds is 2. The van der Waals surface area contributed by atoms with Gasteiger partial charge in [-0.05, 0) is 30.3 Å². The van der Waals surface area contributed by atoms with Crippen LogP contribution in [0.1, 0.15) is 0 Å². The Bertz CT molecular complexity index is 839. The number of nitrogen functional groups attached to an aromatic ring is 1. The van der Waals surface area contributed by atoms with Gasteiger partial charge in [-0.1, -0.05) is 0 Å². The van der Waals surface area contributed by atoms with Crippen LogP contribution in [-0.4, -0.2) is 20.2 Å². The van der Waals surface area contributed by atoms with Crippen molar-refractivity contribution >= 4 is 28.1 Å². The zero-order chi connectivity index (χ0) is 15.0. The number of nitrogens with one attached hydrogen (secondary N) is 1. The van der Waals surface area contributed by atoms with Gasteiger partial charge in [-0.2, -0.15) is 4.39 Å². The Labute approximate surface area is 118 Å². The van der Waals surface area contributed by atoms with E-state index in [-0.39, 0.29) is 17.1 Å². The van der Waals surface area contributed by atoms with Gasteiger partial charge in [-0.15, -0.1) is 0 Å². The summed E-state index contributed by atoms with van der Waals surface area (Å²) in [4.78, 5) is 7.62. The highest BCUT2D eigenvalue weighted by Crippen LogP contribution is 2.31. The number of nitrogens with zero attached hydrogens (tertiary/aromatic N) is 2. The molecule has 0 amide bonds. The van der Waals surface area contributed by atoms with Crippen molar-refractivity contribution in [3.8, 4) is 11.5 Å². The van der Waals surface area contributed by atoms with Gasteiger partial charge < -0.3 is 21.3 Å². The molecule has 5 N–H and O–H groups in total. The first-order valence-electron chi connectivity index (χ1n) is 6.05. The number of halogens is 1. The summed E-state index contributed by atoms with van der Waals surface area (Å²) < 4.78 is 13.2. The van der Waals surface area contributed by atoms with Crippen LogP contribution in [0.5, 0.6) is 11.5 Å². The number of benzene rings is 1. The van der Waals surface area contributed by atoms with E-state index < -0.39 is 11.7 Å². The van der Waals surface area contributed by atoms with Crippen molar-refractivity contribution in [1.29, 1.82) is 0 Å². The van der Waals surface area contributed by atoms with Crippen LogP contribution in [0.3, 0.4) is 0 Å². The monoisotopic (exact) mass is 286 g/mol. The van der Waals surface area contributed by atoms with E-state index in [1.807, 2.05) is 0 Å². The third-order valence-corrected chi connectivity index (χ3v) is 3.03. The number of phenolic OH excluding ortho intramolecular Hbond substituents is 1. The van der Waals surface area contributed by atoms with Crippen molar-refractivity contribution in [2.75, 3.05) is 11.1 Å². The molecule has 0 aliphatic heterocycles. The van der Waals surface area contributed by atoms with E-state index in [1.54, 1.807) is 18.2 Å². The molecule has 0 bridgehead atoms. The van der Waals surface area contributed by atoms with Gasteiger partial charge in [0, 0.05) is 11.6 Å². The second-order valence-corrected chi connectivity index (χ2v) is 4.38. The molecule has 1 aromatic carbocycles. The largest absolute Gasteiger partial charge is 0.506 e. The van der Waals surface area contributed by atoms with Crippen LogP contribution >= 0.6 is 0 Å². The van der Waals surface area contributed by atoms with Crippen molar-refractivity contribution in [1.82, 2.24) is 9.97 Å². The van der Waals surface area contributed by atoms with Gasteiger partial charge in [0.25, 0.3) is 5.95 Å². The number of hydrogen-bond acceptors (Lipinski definition) is 6. The molecule has 7 heteroatoms. The molecule has 0 fully saturated rings. The maximum Gasteiger partial charge on any atom is 0.257 e. The fourth-order valence-electron chi connectivity index (χ4n) is 1.95. The number of fused-ring (bicyclic) bond motifs is 1. The van der Waals surface area contributed by atoms with Crippen LogP contribution in [-0.2, 0) is 0 Å². The van der Waals surface area contributed by atoms with Crippen molar-refractivity contribution < 1.29 is 14.6 Å². The fraction of sp³-hybridized carbons (Fsp3) is 0. The van der Waals surface area contributed by atoms with Crippen LogP contribution in [0.4, 0.5) is 21.6 Å². The van der Waals surface area contributed by atoms with Gasteiger partial charge in [-0.25, -0.2) is 9.97 Å². The Morgan fingerprint density at radius 1 is 1.10 bits per heavy atom. The maximum absolute atomic E-state index is 13.2. The van der Waals surface area contributed by atoms with Crippen LogP contribution in [0.2, 0.25) is 0 Å². The first-order chi connectivity index (χ1) is 10.1. The van der Waals surface area contributed by atoms with Crippen LogP contribution < -0.4 is 11.1 Å². The van der Waals surface area contributed by atoms with E-state index in [2.05, 4.69) is 15.3 Å². The lowest BCUT2D eigenvalue weighted by Gasteiger charge is -2.09. The summed E-state index contributed by atoms with van der Waals surface area (Å²) in [5, 5.41) is 22.5. The lowest BCUT2D eigenvalue weighted by atomic mass is 10.1. The molecule has 6 nitrogen and oxygen atoms in total. The molecule has 0 spiro atoms. The van der Waals surface area contributed by atoms with Gasteiger partial charge in [0.05, 0.1) is 16.9 Å². The summed E-state index contributed by atoms with van der Waals surface area (Å²) in [5.41, 5.74) is 6.71. The molecular weight excluding hydrogens is 275 g/mol. The highest BCUT2D eigenvalue weighted by molar-refractivity contribution is 5.94. The molecule has 0 aliphatic carbocycles. The molecule has 0 radical (unpaired) electrons. The molecule has 21 heavy (non-hydrogen) atoms. The second kappa shape index (κ2) is 4.78. The van der Waals surface area contributed by atoms with Crippen molar-refractivity contribution in [3.63, 3.8) is 0 Å². The first-order valence-corrected chi connectivity index (χ1v) is 6.05. The molecule has 3 rings (SSSR count). The Morgan fingerprint density at radius 3 is 2.71 bits per heavy atom. The average molecular weight is 286 g/mol. The zero-order valence-electron chi connectivity index (χ0n) is 10.7. The lowest BCUT2D eigenvalue weighted by molar-refractivity contribution is 0.421. The summed E-state index contributed by atoms with van der Waals surface area (Å²) in [5.74, 6) is -1.16. The number of aromatic nitrogens is 2. The Morgan fingerprint density at radius 2 is 1.90 bits per heavy atom. The van der Waals surface area contributed by atoms with E-state index in [0.717, 1.165) is 0 Å².